The minimum Gasteiger partial charge on any atom is -0.491 e. The Labute approximate surface area is 244 Å². The number of aliphatic imine (C=N–C) groups is 1. The zero-order valence-corrected chi connectivity index (χ0v) is 24.1. The molecule has 42 heavy (non-hydrogen) atoms. The van der Waals surface area contributed by atoms with E-state index in [0.717, 1.165) is 22.3 Å². The number of carbonyl (C=O) groups excluding carboxylic acids is 3. The van der Waals surface area contributed by atoms with Gasteiger partial charge in [0.1, 0.15) is 18.2 Å². The zero-order chi connectivity index (χ0) is 29.9. The number of ether oxygens (including phenoxy) is 1. The van der Waals surface area contributed by atoms with Crippen molar-refractivity contribution in [1.82, 2.24) is 14.7 Å². The fourth-order valence-electron chi connectivity index (χ4n) is 4.56. The fourth-order valence-corrected chi connectivity index (χ4v) is 4.56. The van der Waals surface area contributed by atoms with Crippen LogP contribution in [0.2, 0.25) is 0 Å². The van der Waals surface area contributed by atoms with Crippen LogP contribution in [0.1, 0.15) is 42.4 Å². The van der Waals surface area contributed by atoms with Crippen molar-refractivity contribution >= 4 is 40.4 Å². The van der Waals surface area contributed by atoms with Crippen molar-refractivity contribution in [2.75, 3.05) is 25.0 Å². The van der Waals surface area contributed by atoms with E-state index in [1.165, 1.54) is 6.08 Å². The lowest BCUT2D eigenvalue weighted by molar-refractivity contribution is -0.113. The lowest BCUT2D eigenvalue weighted by atomic mass is 9.92. The van der Waals surface area contributed by atoms with Gasteiger partial charge in [0, 0.05) is 40.9 Å². The first-order chi connectivity index (χ1) is 20.1. The van der Waals surface area contributed by atoms with E-state index in [0.29, 0.717) is 36.6 Å². The van der Waals surface area contributed by atoms with Crippen molar-refractivity contribution in [1.29, 1.82) is 0 Å². The average molecular weight is 564 g/mol. The van der Waals surface area contributed by atoms with Crippen LogP contribution in [0.3, 0.4) is 0 Å². The molecule has 4 aromatic rings. The standard InChI is InChI=1S/C33H33N5O4/c1-22-9-11-23(12-10-22)38-29(21-28(36-38)33(2,3)4)35-32(41)31(40)26-13-14-27(25-8-6-5-7-24(25)26)42-20-19-37-17-15-30(39)34-16-18-37/h5-17,21H,18-20H2,1-4H3,(H,35,41). The summed E-state index contributed by atoms with van der Waals surface area (Å²) in [5, 5.41) is 8.89. The van der Waals surface area contributed by atoms with Gasteiger partial charge in [0.2, 0.25) is 0 Å². The number of aryl methyl sites for hydroxylation is 1. The van der Waals surface area contributed by atoms with Gasteiger partial charge in [0.05, 0.1) is 24.5 Å². The third-order valence-corrected chi connectivity index (χ3v) is 6.93. The number of ketones is 1. The maximum atomic E-state index is 13.5. The molecule has 5 rings (SSSR count). The van der Waals surface area contributed by atoms with E-state index in [4.69, 9.17) is 9.84 Å². The number of carbonyl (C=O) groups is 3. The molecule has 3 aromatic carbocycles. The first kappa shape index (κ1) is 28.5. The summed E-state index contributed by atoms with van der Waals surface area (Å²) < 4.78 is 7.71. The molecule has 0 aliphatic carbocycles. The van der Waals surface area contributed by atoms with E-state index >= 15 is 0 Å². The SMILES string of the molecule is Cc1ccc(-n2nc(C(C)(C)C)cc2NC(=O)C(=O)c2ccc(OCCN3C=CC(=O)N=CC3)c3ccccc23)cc1. The topological polar surface area (TPSA) is 106 Å². The molecule has 0 fully saturated rings. The van der Waals surface area contributed by atoms with Crippen LogP contribution in [-0.4, -0.2) is 58.2 Å². The number of Topliss-reactive ketones (excluding diaryl/α,β-unsaturated/α-hetero) is 1. The van der Waals surface area contributed by atoms with Crippen molar-refractivity contribution in [3.05, 3.63) is 95.8 Å². The monoisotopic (exact) mass is 563 g/mol. The average Bonchev–Trinajstić information content (AvgIpc) is 3.29. The van der Waals surface area contributed by atoms with Gasteiger partial charge < -0.3 is 15.0 Å². The number of aromatic nitrogens is 2. The minimum atomic E-state index is -0.758. The molecule has 0 atom stereocenters. The molecular formula is C33H33N5O4. The second-order valence-electron chi connectivity index (χ2n) is 11.2. The van der Waals surface area contributed by atoms with Crippen LogP contribution in [0.15, 0.2) is 84.0 Å². The Kier molecular flexibility index (Phi) is 8.01. The molecule has 1 aromatic heterocycles. The molecule has 9 nitrogen and oxygen atoms in total. The van der Waals surface area contributed by atoms with Crippen molar-refractivity contribution < 1.29 is 19.1 Å². The quantitative estimate of drug-likeness (QED) is 0.232. The Hall–Kier alpha value is -5.05. The van der Waals surface area contributed by atoms with Gasteiger partial charge in [0.15, 0.2) is 0 Å². The van der Waals surface area contributed by atoms with Gasteiger partial charge in [-0.05, 0) is 36.6 Å². The number of nitrogens with zero attached hydrogens (tertiary/aromatic N) is 4. The third-order valence-electron chi connectivity index (χ3n) is 6.93. The summed E-state index contributed by atoms with van der Waals surface area (Å²) in [5.41, 5.74) is 2.68. The largest absolute Gasteiger partial charge is 0.491 e. The van der Waals surface area contributed by atoms with Gasteiger partial charge in [-0.2, -0.15) is 5.10 Å². The van der Waals surface area contributed by atoms with Gasteiger partial charge in [-0.25, -0.2) is 9.67 Å². The summed E-state index contributed by atoms with van der Waals surface area (Å²) in [6, 6.07) is 20.3. The molecule has 1 N–H and O–H groups in total. The van der Waals surface area contributed by atoms with E-state index in [2.05, 4.69) is 10.3 Å². The minimum absolute atomic E-state index is 0.264. The number of hydrogen-bond donors (Lipinski definition) is 1. The number of amides is 2. The van der Waals surface area contributed by atoms with Gasteiger partial charge in [-0.3, -0.25) is 14.4 Å². The van der Waals surface area contributed by atoms with E-state index in [1.54, 1.807) is 41.4 Å². The van der Waals surface area contributed by atoms with Crippen LogP contribution in [0.25, 0.3) is 16.5 Å². The Balaban J connectivity index is 1.37. The molecule has 2 amide bonds. The van der Waals surface area contributed by atoms with Gasteiger partial charge in [-0.15, -0.1) is 0 Å². The van der Waals surface area contributed by atoms with E-state index in [9.17, 15) is 14.4 Å². The zero-order valence-electron chi connectivity index (χ0n) is 24.1. The highest BCUT2D eigenvalue weighted by Gasteiger charge is 2.25. The maximum Gasteiger partial charge on any atom is 0.297 e. The molecule has 0 bridgehead atoms. The summed E-state index contributed by atoms with van der Waals surface area (Å²) in [6.07, 6.45) is 4.69. The maximum absolute atomic E-state index is 13.5. The van der Waals surface area contributed by atoms with Crippen LogP contribution in [0.4, 0.5) is 5.82 Å². The molecule has 1 aliphatic heterocycles. The first-order valence-electron chi connectivity index (χ1n) is 13.8. The van der Waals surface area contributed by atoms with E-state index in [1.807, 2.05) is 75.1 Å². The highest BCUT2D eigenvalue weighted by atomic mass is 16.5. The molecule has 2 heterocycles. The highest BCUT2D eigenvalue weighted by Crippen LogP contribution is 2.30. The Morgan fingerprint density at radius 2 is 1.74 bits per heavy atom. The Morgan fingerprint density at radius 1 is 1.00 bits per heavy atom. The number of hydrogen-bond acceptors (Lipinski definition) is 6. The lowest BCUT2D eigenvalue weighted by Crippen LogP contribution is -2.25. The Morgan fingerprint density at radius 3 is 2.48 bits per heavy atom. The molecule has 0 spiro atoms. The van der Waals surface area contributed by atoms with E-state index < -0.39 is 11.7 Å². The van der Waals surface area contributed by atoms with Crippen LogP contribution in [0.5, 0.6) is 5.75 Å². The molecule has 0 saturated carbocycles. The van der Waals surface area contributed by atoms with Crippen molar-refractivity contribution in [2.24, 2.45) is 4.99 Å². The second kappa shape index (κ2) is 11.8. The molecule has 9 heteroatoms. The summed E-state index contributed by atoms with van der Waals surface area (Å²) in [6.45, 7) is 9.53. The van der Waals surface area contributed by atoms with Crippen LogP contribution in [-0.2, 0) is 15.0 Å². The number of nitrogens with one attached hydrogen (secondary N) is 1. The van der Waals surface area contributed by atoms with Gasteiger partial charge in [0.25, 0.3) is 17.6 Å². The smallest absolute Gasteiger partial charge is 0.297 e. The van der Waals surface area contributed by atoms with Crippen LogP contribution < -0.4 is 10.1 Å². The fraction of sp³-hybridized carbons (Fsp3) is 0.242. The number of rotatable bonds is 8. The van der Waals surface area contributed by atoms with Crippen molar-refractivity contribution in [2.45, 2.75) is 33.1 Å². The van der Waals surface area contributed by atoms with Crippen LogP contribution in [0, 0.1) is 6.92 Å². The van der Waals surface area contributed by atoms with E-state index in [-0.39, 0.29) is 16.9 Å². The number of benzene rings is 3. The first-order valence-corrected chi connectivity index (χ1v) is 13.8. The molecule has 0 radical (unpaired) electrons. The predicted octanol–water partition coefficient (Wildman–Crippen LogP) is 5.26. The summed E-state index contributed by atoms with van der Waals surface area (Å²) in [5.74, 6) is -0.695. The summed E-state index contributed by atoms with van der Waals surface area (Å²) in [4.78, 5) is 44.0. The molecule has 0 saturated heterocycles. The highest BCUT2D eigenvalue weighted by molar-refractivity contribution is 6.48. The van der Waals surface area contributed by atoms with Gasteiger partial charge in [-0.1, -0.05) is 62.7 Å². The predicted molar refractivity (Wildman–Crippen MR) is 164 cm³/mol. The number of anilines is 1. The summed E-state index contributed by atoms with van der Waals surface area (Å²) >= 11 is 0. The number of fused-ring (bicyclic) bond motifs is 1. The van der Waals surface area contributed by atoms with Crippen molar-refractivity contribution in [3.8, 4) is 11.4 Å². The second-order valence-corrected chi connectivity index (χ2v) is 11.2. The molecule has 0 unspecified atom stereocenters. The third kappa shape index (κ3) is 6.30. The van der Waals surface area contributed by atoms with Crippen LogP contribution >= 0.6 is 0 Å². The Bertz CT molecular complexity index is 1710. The van der Waals surface area contributed by atoms with Gasteiger partial charge >= 0.3 is 0 Å². The molecule has 1 aliphatic rings. The summed E-state index contributed by atoms with van der Waals surface area (Å²) in [7, 11) is 0. The lowest BCUT2D eigenvalue weighted by Gasteiger charge is -2.18. The molecular weight excluding hydrogens is 530 g/mol. The molecule has 214 valence electrons. The van der Waals surface area contributed by atoms with Crippen molar-refractivity contribution in [3.63, 3.8) is 0 Å². The normalized spacial score (nSPS) is 13.3.